The van der Waals surface area contributed by atoms with E-state index in [1.807, 2.05) is 67.7 Å². The lowest BCUT2D eigenvalue weighted by molar-refractivity contribution is -0.124. The molecule has 11 heteroatoms. The second-order valence-electron chi connectivity index (χ2n) is 24.5. The monoisotopic (exact) mass is 1110 g/mol. The molecule has 1 unspecified atom stereocenters. The number of hydrogen-bond donors (Lipinski definition) is 0. The van der Waals surface area contributed by atoms with Crippen molar-refractivity contribution in [1.29, 1.82) is 0 Å². The summed E-state index contributed by atoms with van der Waals surface area (Å²) in [6.45, 7) is 21.0. The predicted molar refractivity (Wildman–Crippen MR) is 326 cm³/mol. The third-order valence-electron chi connectivity index (χ3n) is 17.9. The molecule has 0 radical (unpaired) electrons. The third-order valence-corrected chi connectivity index (χ3v) is 17.9. The summed E-state index contributed by atoms with van der Waals surface area (Å²) < 4.78 is 19.8. The number of aryl methyl sites for hydroxylation is 1. The highest BCUT2D eigenvalue weighted by atomic mass is 16.5. The first-order valence-electron chi connectivity index (χ1n) is 30.5. The van der Waals surface area contributed by atoms with E-state index in [4.69, 9.17) is 14.2 Å². The van der Waals surface area contributed by atoms with E-state index in [0.717, 1.165) is 79.7 Å². The number of carbonyl (C=O) groups is 4. The van der Waals surface area contributed by atoms with E-state index in [9.17, 15) is 19.2 Å². The molecule has 2 amide bonds. The Morgan fingerprint density at radius 3 is 2.06 bits per heavy atom. The van der Waals surface area contributed by atoms with Gasteiger partial charge in [-0.25, -0.2) is 4.58 Å². The van der Waals surface area contributed by atoms with Crippen molar-refractivity contribution in [2.75, 3.05) is 82.7 Å². The van der Waals surface area contributed by atoms with Gasteiger partial charge in [-0.15, -0.1) is 0 Å². The summed E-state index contributed by atoms with van der Waals surface area (Å²) in [5, 5.41) is 2.77. The Balaban J connectivity index is 0.662. The van der Waals surface area contributed by atoms with E-state index in [0.29, 0.717) is 103 Å². The zero-order chi connectivity index (χ0) is 57.5. The minimum Gasteiger partial charge on any atom is -0.379 e. The number of nitrogens with zero attached hydrogens (tertiary/aromatic N) is 4. The van der Waals surface area contributed by atoms with Gasteiger partial charge in [0.1, 0.15) is 24.7 Å². The van der Waals surface area contributed by atoms with Crippen molar-refractivity contribution in [2.45, 2.75) is 148 Å². The quantitative estimate of drug-likeness (QED) is 0.0342. The molecule has 4 heterocycles. The maximum atomic E-state index is 14.8. The molecule has 0 fully saturated rings. The molecule has 82 heavy (non-hydrogen) atoms. The van der Waals surface area contributed by atoms with E-state index >= 15 is 0 Å². The highest BCUT2D eigenvalue weighted by Crippen LogP contribution is 2.50. The van der Waals surface area contributed by atoms with Crippen LogP contribution < -0.4 is 25.0 Å². The Morgan fingerprint density at radius 2 is 1.32 bits per heavy atom. The fraction of sp³-hybridized carbons (Fsp3) is 0.479. The molecule has 0 saturated heterocycles. The molecule has 0 N–H and O–H groups in total. The SMILES string of the molecule is CCN1c2cc3c(cc2C(C)CC1(C)C)C(c1ccccc1C(=O)N(C)CCCC(=O)CCCOCCOCCOCCCC(=O)CCC(=O)N1Cc2ccccc2C#Cc2ccccc21)=c1cc2c4c(c1C3(C)C)CCC[N+]=4CCC2. The van der Waals surface area contributed by atoms with Crippen LogP contribution in [0.1, 0.15) is 184 Å². The van der Waals surface area contributed by atoms with Crippen LogP contribution in [0.25, 0.3) is 5.57 Å². The van der Waals surface area contributed by atoms with Gasteiger partial charge in [0, 0.05) is 123 Å². The van der Waals surface area contributed by atoms with Gasteiger partial charge in [-0.2, -0.15) is 0 Å². The van der Waals surface area contributed by atoms with Crippen molar-refractivity contribution in [3.05, 3.63) is 163 Å². The van der Waals surface area contributed by atoms with Crippen molar-refractivity contribution in [3.63, 3.8) is 0 Å². The first-order chi connectivity index (χ1) is 39.7. The number of Topliss-reactive ketones (excluding diaryl/α,β-unsaturated/α-hetero) is 2. The van der Waals surface area contributed by atoms with Crippen LogP contribution in [0.3, 0.4) is 0 Å². The van der Waals surface area contributed by atoms with Gasteiger partial charge in [-0.05, 0) is 152 Å². The number of rotatable bonds is 24. The van der Waals surface area contributed by atoms with Gasteiger partial charge >= 0.3 is 0 Å². The minimum atomic E-state index is -0.257. The number of ketones is 2. The Morgan fingerprint density at radius 1 is 0.683 bits per heavy atom. The molecule has 1 atom stereocenters. The van der Waals surface area contributed by atoms with Crippen LogP contribution in [-0.2, 0) is 53.4 Å². The van der Waals surface area contributed by atoms with E-state index in [-0.39, 0.29) is 47.2 Å². The summed E-state index contributed by atoms with van der Waals surface area (Å²) in [7, 11) is 1.88. The van der Waals surface area contributed by atoms with Gasteiger partial charge in [0.15, 0.2) is 0 Å². The number of carbonyl (C=O) groups excluding carboxylic acids is 4. The van der Waals surface area contributed by atoms with Crippen molar-refractivity contribution in [2.24, 2.45) is 0 Å². The van der Waals surface area contributed by atoms with Crippen LogP contribution in [0.4, 0.5) is 11.4 Å². The maximum absolute atomic E-state index is 14.8. The Bertz CT molecular complexity index is 3430. The molecule has 0 spiro atoms. The lowest BCUT2D eigenvalue weighted by Gasteiger charge is -2.48. The summed E-state index contributed by atoms with van der Waals surface area (Å²) in [4.78, 5) is 60.3. The van der Waals surface area contributed by atoms with Crippen molar-refractivity contribution >= 4 is 40.3 Å². The average Bonchev–Trinajstić information content (AvgIpc) is 0.853. The molecule has 1 aliphatic carbocycles. The number of amides is 2. The van der Waals surface area contributed by atoms with Crippen LogP contribution >= 0.6 is 0 Å². The molecule has 10 rings (SSSR count). The molecule has 0 bridgehead atoms. The second kappa shape index (κ2) is 25.8. The topological polar surface area (TPSA) is 109 Å². The largest absolute Gasteiger partial charge is 0.379 e. The zero-order valence-corrected chi connectivity index (χ0v) is 49.9. The summed E-state index contributed by atoms with van der Waals surface area (Å²) >= 11 is 0. The molecule has 5 aliphatic rings. The molecule has 4 aliphatic heterocycles. The second-order valence-corrected chi connectivity index (χ2v) is 24.5. The lowest BCUT2D eigenvalue weighted by Crippen LogP contribution is -2.50. The van der Waals surface area contributed by atoms with Gasteiger partial charge in [0.2, 0.25) is 11.3 Å². The van der Waals surface area contributed by atoms with Gasteiger partial charge in [0.25, 0.3) is 5.91 Å². The van der Waals surface area contributed by atoms with Crippen LogP contribution in [0, 0.1) is 11.8 Å². The van der Waals surface area contributed by atoms with Crippen LogP contribution in [0.2, 0.25) is 0 Å². The fourth-order valence-electron chi connectivity index (χ4n) is 14.0. The molecular formula is C71H85N4O7+. The van der Waals surface area contributed by atoms with Crippen LogP contribution in [-0.4, -0.2) is 107 Å². The van der Waals surface area contributed by atoms with Crippen molar-refractivity contribution in [1.82, 2.24) is 9.48 Å². The third kappa shape index (κ3) is 12.5. The Labute approximate surface area is 486 Å². The number of benzene rings is 5. The molecule has 0 aromatic heterocycles. The lowest BCUT2D eigenvalue weighted by atomic mass is 9.64. The normalized spacial score (nSPS) is 16.9. The van der Waals surface area contributed by atoms with E-state index < -0.39 is 0 Å². The first-order valence-corrected chi connectivity index (χ1v) is 30.5. The molecule has 5 aromatic rings. The summed E-state index contributed by atoms with van der Waals surface area (Å²) in [6.07, 6.45) is 8.84. The van der Waals surface area contributed by atoms with E-state index in [2.05, 4.69) is 93.2 Å². The molecule has 5 aromatic carbocycles. The predicted octanol–water partition coefficient (Wildman–Crippen LogP) is 10.4. The summed E-state index contributed by atoms with van der Waals surface area (Å²) in [5.74, 6) is 6.94. The van der Waals surface area contributed by atoms with E-state index in [1.54, 1.807) is 9.80 Å². The number of hydrogen-bond acceptors (Lipinski definition) is 8. The van der Waals surface area contributed by atoms with Gasteiger partial charge in [0.05, 0.1) is 38.7 Å². The highest BCUT2D eigenvalue weighted by molar-refractivity contribution is 6.02. The fourth-order valence-corrected chi connectivity index (χ4v) is 14.0. The van der Waals surface area contributed by atoms with Gasteiger partial charge in [-0.3, -0.25) is 19.2 Å². The summed E-state index contributed by atoms with van der Waals surface area (Å²) in [6, 6.07) is 31.3. The maximum Gasteiger partial charge on any atom is 0.254 e. The number of ether oxygens (including phenoxy) is 3. The Hall–Kier alpha value is -6.71. The molecular weight excluding hydrogens is 1020 g/mol. The van der Waals surface area contributed by atoms with Crippen LogP contribution in [0.15, 0.2) is 91.0 Å². The first kappa shape index (κ1) is 58.5. The average molecular weight is 1110 g/mol. The van der Waals surface area contributed by atoms with Crippen molar-refractivity contribution in [3.8, 4) is 11.8 Å². The molecule has 0 saturated carbocycles. The number of fused-ring (bicyclic) bond motifs is 6. The zero-order valence-electron chi connectivity index (χ0n) is 49.9. The van der Waals surface area contributed by atoms with Crippen LogP contribution in [0.5, 0.6) is 0 Å². The standard InChI is InChI=1S/C71H85N4O7/c1-8-75-64-46-62-60(45-59(64)49(2)47-70(75,3)4)66(61-44-52-23-15-36-73-37-17-29-58(68(52)73)67(61)71(62,5)6)56-27-12-13-28-57(56)69(79)72(7)35-16-24-54(76)25-18-38-80-40-42-82-43-41-81-39-19-26-55(77)33-34-65(78)74-48-53-22-10-9-20-50(53)31-32-51-21-11-14-30-63(51)74/h9-14,20-22,27-28,30,44-46,49H,8,15-19,23-26,29,33-43,47-48H2,1-7H3/q+1. The van der Waals surface area contributed by atoms with Gasteiger partial charge in [-0.1, -0.05) is 81.1 Å². The number of para-hydroxylation sites is 1. The minimum absolute atomic E-state index is 0.0237. The Kier molecular flexibility index (Phi) is 18.4. The molecule has 430 valence electrons. The number of anilines is 2. The highest BCUT2D eigenvalue weighted by Gasteiger charge is 2.43. The van der Waals surface area contributed by atoms with E-state index in [1.165, 1.54) is 55.2 Å². The summed E-state index contributed by atoms with van der Waals surface area (Å²) in [5.41, 5.74) is 15.8. The molecule has 11 nitrogen and oxygen atoms in total. The van der Waals surface area contributed by atoms with Gasteiger partial charge < -0.3 is 28.9 Å². The van der Waals surface area contributed by atoms with Crippen molar-refractivity contribution < 1.29 is 33.4 Å². The smallest absolute Gasteiger partial charge is 0.254 e.